The Hall–Kier alpha value is -1.48. The summed E-state index contributed by atoms with van der Waals surface area (Å²) in [6.45, 7) is 2.67. The summed E-state index contributed by atoms with van der Waals surface area (Å²) in [5, 5.41) is 7.93. The Bertz CT molecular complexity index is 776. The Labute approximate surface area is 141 Å². The number of piperidine rings is 1. The van der Waals surface area contributed by atoms with Crippen LogP contribution in [0.2, 0.25) is 0 Å². The van der Waals surface area contributed by atoms with Gasteiger partial charge in [0.05, 0.1) is 6.61 Å². The van der Waals surface area contributed by atoms with Gasteiger partial charge in [-0.2, -0.15) is 0 Å². The largest absolute Gasteiger partial charge is 0.384 e. The Balaban J connectivity index is 1.69. The molecule has 24 heavy (non-hydrogen) atoms. The maximum Gasteiger partial charge on any atom is 0.217 e. The minimum atomic E-state index is -3.50. The second-order valence-electron chi connectivity index (χ2n) is 6.39. The predicted octanol–water partition coefficient (Wildman–Crippen LogP) is 1.26. The van der Waals surface area contributed by atoms with Gasteiger partial charge in [-0.3, -0.25) is 0 Å². The van der Waals surface area contributed by atoms with Crippen molar-refractivity contribution in [2.75, 3.05) is 33.4 Å². The zero-order valence-corrected chi connectivity index (χ0v) is 14.6. The van der Waals surface area contributed by atoms with E-state index in [1.54, 1.807) is 13.2 Å². The van der Waals surface area contributed by atoms with E-state index in [0.717, 1.165) is 31.3 Å². The molecule has 0 spiro atoms. The molecule has 1 aromatic heterocycles. The fourth-order valence-corrected chi connectivity index (χ4v) is 4.37. The van der Waals surface area contributed by atoms with E-state index in [1.165, 1.54) is 0 Å². The molecule has 1 saturated heterocycles. The molecule has 132 valence electrons. The molecular formula is C16H23N3O4S. The van der Waals surface area contributed by atoms with E-state index in [0.29, 0.717) is 24.4 Å². The number of methoxy groups -OCH3 is 1. The Morgan fingerprint density at radius 3 is 2.83 bits per heavy atom. The van der Waals surface area contributed by atoms with E-state index in [9.17, 15) is 8.42 Å². The van der Waals surface area contributed by atoms with Gasteiger partial charge in [-0.1, -0.05) is 17.3 Å². The summed E-state index contributed by atoms with van der Waals surface area (Å²) in [5.41, 5.74) is 0.875. The van der Waals surface area contributed by atoms with Gasteiger partial charge >= 0.3 is 0 Å². The topological polar surface area (TPSA) is 93.5 Å². The van der Waals surface area contributed by atoms with Crippen molar-refractivity contribution < 1.29 is 17.7 Å². The summed E-state index contributed by atoms with van der Waals surface area (Å²) >= 11 is 0. The van der Waals surface area contributed by atoms with E-state index in [-0.39, 0.29) is 11.2 Å². The molecule has 3 rings (SSSR count). The molecule has 0 aliphatic carbocycles. The van der Waals surface area contributed by atoms with Crippen LogP contribution in [-0.4, -0.2) is 46.9 Å². The van der Waals surface area contributed by atoms with Gasteiger partial charge in [-0.05, 0) is 38.1 Å². The van der Waals surface area contributed by atoms with Crippen LogP contribution >= 0.6 is 0 Å². The summed E-state index contributed by atoms with van der Waals surface area (Å²) in [5.74, 6) is -0.189. The van der Waals surface area contributed by atoms with Crippen molar-refractivity contribution in [2.45, 2.75) is 18.6 Å². The SMILES string of the molecule is COCC1(CNS(=O)(=O)Cc2noc3ccccc23)CCNCC1. The lowest BCUT2D eigenvalue weighted by Crippen LogP contribution is -2.47. The minimum absolute atomic E-state index is 0.154. The minimum Gasteiger partial charge on any atom is -0.384 e. The standard InChI is InChI=1S/C16H23N3O4S/c1-22-12-16(6-8-17-9-7-16)11-18-24(20,21)10-14-13-4-2-3-5-15(13)23-19-14/h2-5,17-18H,6-12H2,1H3. The Morgan fingerprint density at radius 1 is 1.33 bits per heavy atom. The van der Waals surface area contributed by atoms with Gasteiger partial charge in [0.15, 0.2) is 5.58 Å². The number of rotatable bonds is 7. The second-order valence-corrected chi connectivity index (χ2v) is 8.20. The number of ether oxygens (including phenoxy) is 1. The van der Waals surface area contributed by atoms with Gasteiger partial charge in [0, 0.05) is 24.5 Å². The average molecular weight is 353 g/mol. The zero-order valence-electron chi connectivity index (χ0n) is 13.7. The number of nitrogens with zero attached hydrogens (tertiary/aromatic N) is 1. The third-order valence-electron chi connectivity index (χ3n) is 4.56. The van der Waals surface area contributed by atoms with Crippen LogP contribution in [0.4, 0.5) is 0 Å². The maximum atomic E-state index is 12.5. The van der Waals surface area contributed by atoms with Crippen molar-refractivity contribution in [3.05, 3.63) is 30.0 Å². The molecule has 0 amide bonds. The molecule has 2 aromatic rings. The van der Waals surface area contributed by atoms with Gasteiger partial charge in [0.2, 0.25) is 10.0 Å². The van der Waals surface area contributed by atoms with Crippen LogP contribution in [-0.2, 0) is 20.5 Å². The number of nitrogens with one attached hydrogen (secondary N) is 2. The Morgan fingerprint density at radius 2 is 2.08 bits per heavy atom. The third-order valence-corrected chi connectivity index (χ3v) is 5.80. The molecule has 0 saturated carbocycles. The lowest BCUT2D eigenvalue weighted by atomic mass is 9.80. The van der Waals surface area contributed by atoms with Crippen LogP contribution in [0.1, 0.15) is 18.5 Å². The van der Waals surface area contributed by atoms with Crippen molar-refractivity contribution in [1.82, 2.24) is 15.2 Å². The van der Waals surface area contributed by atoms with Crippen molar-refractivity contribution in [3.8, 4) is 0 Å². The van der Waals surface area contributed by atoms with Gasteiger partial charge in [0.25, 0.3) is 0 Å². The molecule has 1 fully saturated rings. The van der Waals surface area contributed by atoms with E-state index in [1.807, 2.05) is 18.2 Å². The predicted molar refractivity (Wildman–Crippen MR) is 91.0 cm³/mol. The van der Waals surface area contributed by atoms with Crippen LogP contribution < -0.4 is 10.0 Å². The summed E-state index contributed by atoms with van der Waals surface area (Å²) in [6.07, 6.45) is 1.77. The number of hydrogen-bond donors (Lipinski definition) is 2. The van der Waals surface area contributed by atoms with E-state index >= 15 is 0 Å². The molecule has 0 radical (unpaired) electrons. The number of hydrogen-bond acceptors (Lipinski definition) is 6. The first-order valence-electron chi connectivity index (χ1n) is 8.04. The van der Waals surface area contributed by atoms with Crippen LogP contribution in [0.3, 0.4) is 0 Å². The molecule has 0 bridgehead atoms. The molecule has 7 nitrogen and oxygen atoms in total. The van der Waals surface area contributed by atoms with Crippen LogP contribution in [0.5, 0.6) is 0 Å². The summed E-state index contributed by atoms with van der Waals surface area (Å²) < 4.78 is 38.2. The van der Waals surface area contributed by atoms with E-state index in [4.69, 9.17) is 9.26 Å². The zero-order chi connectivity index (χ0) is 17.0. The average Bonchev–Trinajstić information content (AvgIpc) is 2.97. The molecule has 1 aliphatic heterocycles. The highest BCUT2D eigenvalue weighted by Gasteiger charge is 2.33. The fourth-order valence-electron chi connectivity index (χ4n) is 3.17. The molecule has 0 unspecified atom stereocenters. The smallest absolute Gasteiger partial charge is 0.217 e. The first-order valence-corrected chi connectivity index (χ1v) is 9.69. The monoisotopic (exact) mass is 353 g/mol. The van der Waals surface area contributed by atoms with Crippen molar-refractivity contribution in [1.29, 1.82) is 0 Å². The van der Waals surface area contributed by atoms with Crippen LogP contribution in [0.15, 0.2) is 28.8 Å². The fraction of sp³-hybridized carbons (Fsp3) is 0.562. The highest BCUT2D eigenvalue weighted by molar-refractivity contribution is 7.88. The number of benzene rings is 1. The first kappa shape index (κ1) is 17.3. The van der Waals surface area contributed by atoms with Crippen molar-refractivity contribution in [3.63, 3.8) is 0 Å². The number of sulfonamides is 1. The molecule has 0 atom stereocenters. The highest BCUT2D eigenvalue weighted by Crippen LogP contribution is 2.28. The summed E-state index contributed by atoms with van der Waals surface area (Å²) in [7, 11) is -1.85. The quantitative estimate of drug-likeness (QED) is 0.778. The van der Waals surface area contributed by atoms with Crippen LogP contribution in [0.25, 0.3) is 11.0 Å². The van der Waals surface area contributed by atoms with Gasteiger partial charge < -0.3 is 14.6 Å². The Kier molecular flexibility index (Phi) is 5.19. The van der Waals surface area contributed by atoms with E-state index < -0.39 is 10.0 Å². The van der Waals surface area contributed by atoms with Crippen molar-refractivity contribution >= 4 is 21.0 Å². The normalized spacial score (nSPS) is 18.0. The third kappa shape index (κ3) is 3.94. The highest BCUT2D eigenvalue weighted by atomic mass is 32.2. The molecule has 1 aliphatic rings. The molecular weight excluding hydrogens is 330 g/mol. The lowest BCUT2D eigenvalue weighted by Gasteiger charge is -2.37. The summed E-state index contributed by atoms with van der Waals surface area (Å²) in [4.78, 5) is 0. The van der Waals surface area contributed by atoms with Gasteiger partial charge in [-0.15, -0.1) is 0 Å². The first-order chi connectivity index (χ1) is 11.5. The van der Waals surface area contributed by atoms with E-state index in [2.05, 4.69) is 15.2 Å². The van der Waals surface area contributed by atoms with Gasteiger partial charge in [-0.25, -0.2) is 13.1 Å². The number of fused-ring (bicyclic) bond motifs is 1. The second kappa shape index (κ2) is 7.18. The van der Waals surface area contributed by atoms with Gasteiger partial charge in [0.1, 0.15) is 11.4 Å². The summed E-state index contributed by atoms with van der Waals surface area (Å²) in [6, 6.07) is 7.26. The maximum absolute atomic E-state index is 12.5. The lowest BCUT2D eigenvalue weighted by molar-refractivity contribution is 0.0577. The molecule has 2 N–H and O–H groups in total. The van der Waals surface area contributed by atoms with Crippen molar-refractivity contribution in [2.24, 2.45) is 5.41 Å². The molecule has 1 aromatic carbocycles. The number of para-hydroxylation sites is 1. The van der Waals surface area contributed by atoms with Crippen LogP contribution in [0, 0.1) is 5.41 Å². The number of aromatic nitrogens is 1. The molecule has 2 heterocycles. The molecule has 8 heteroatoms.